The van der Waals surface area contributed by atoms with Crippen LogP contribution >= 0.6 is 0 Å². The lowest BCUT2D eigenvalue weighted by Gasteiger charge is -2.34. The van der Waals surface area contributed by atoms with Gasteiger partial charge < -0.3 is 16.8 Å². The van der Waals surface area contributed by atoms with Gasteiger partial charge in [-0.1, -0.05) is 6.92 Å². The van der Waals surface area contributed by atoms with Crippen molar-refractivity contribution in [1.29, 1.82) is 0 Å². The molecule has 1 fully saturated rings. The van der Waals surface area contributed by atoms with Gasteiger partial charge in [0.05, 0.1) is 6.54 Å². The Balaban J connectivity index is 1.85. The summed E-state index contributed by atoms with van der Waals surface area (Å²) in [7, 11) is 0. The van der Waals surface area contributed by atoms with Crippen LogP contribution in [0.2, 0.25) is 0 Å². The Kier molecular flexibility index (Phi) is 4.93. The smallest absolute Gasteiger partial charge is 0.248 e. The fraction of sp³-hybridized carbons (Fsp3) is 0.467. The minimum atomic E-state index is -0.480. The quantitative estimate of drug-likeness (QED) is 0.746. The van der Waals surface area contributed by atoms with Gasteiger partial charge in [-0.25, -0.2) is 0 Å². The number of hydrogen-bond donors (Lipinski definition) is 3. The number of hydrogen-bond acceptors (Lipinski definition) is 4. The van der Waals surface area contributed by atoms with Gasteiger partial charge in [0.25, 0.3) is 0 Å². The molecule has 2 unspecified atom stereocenters. The Morgan fingerprint density at radius 1 is 1.33 bits per heavy atom. The zero-order valence-corrected chi connectivity index (χ0v) is 12.2. The predicted molar refractivity (Wildman–Crippen MR) is 81.8 cm³/mol. The molecule has 0 aliphatic carbocycles. The molecule has 2 rings (SSSR count). The summed E-state index contributed by atoms with van der Waals surface area (Å²) in [5.41, 5.74) is 12.2. The Bertz CT molecular complexity index is 515. The summed E-state index contributed by atoms with van der Waals surface area (Å²) in [6, 6.07) is 6.77. The second-order valence-electron chi connectivity index (χ2n) is 5.65. The fourth-order valence-corrected chi connectivity index (χ4v) is 2.52. The zero-order valence-electron chi connectivity index (χ0n) is 12.2. The maximum Gasteiger partial charge on any atom is 0.248 e. The van der Waals surface area contributed by atoms with E-state index in [0.29, 0.717) is 23.7 Å². The molecule has 0 saturated carbocycles. The SMILES string of the molecule is CC1CN(CC(=O)Nc2ccc(C(N)=O)cc2)CCC1N. The van der Waals surface area contributed by atoms with Crippen LogP contribution in [0.1, 0.15) is 23.7 Å². The molecular weight excluding hydrogens is 268 g/mol. The molecule has 1 saturated heterocycles. The lowest BCUT2D eigenvalue weighted by Crippen LogP contribution is -2.48. The average Bonchev–Trinajstić information content (AvgIpc) is 2.43. The molecule has 0 aromatic heterocycles. The third-order valence-corrected chi connectivity index (χ3v) is 3.88. The Morgan fingerprint density at radius 3 is 2.57 bits per heavy atom. The third-order valence-electron chi connectivity index (χ3n) is 3.88. The molecule has 0 spiro atoms. The molecular formula is C15H22N4O2. The summed E-state index contributed by atoms with van der Waals surface area (Å²) in [6.07, 6.45) is 0.918. The summed E-state index contributed by atoms with van der Waals surface area (Å²) in [5.74, 6) is -0.141. The van der Waals surface area contributed by atoms with Crippen LogP contribution in [0.4, 0.5) is 5.69 Å². The Labute approximate surface area is 124 Å². The summed E-state index contributed by atoms with van der Waals surface area (Å²) < 4.78 is 0. The topological polar surface area (TPSA) is 101 Å². The van der Waals surface area contributed by atoms with E-state index in [4.69, 9.17) is 11.5 Å². The van der Waals surface area contributed by atoms with Crippen LogP contribution in [0, 0.1) is 5.92 Å². The van der Waals surface area contributed by atoms with Crippen molar-refractivity contribution in [3.05, 3.63) is 29.8 Å². The van der Waals surface area contributed by atoms with E-state index in [0.717, 1.165) is 19.5 Å². The largest absolute Gasteiger partial charge is 0.366 e. The lowest BCUT2D eigenvalue weighted by molar-refractivity contribution is -0.117. The van der Waals surface area contributed by atoms with Crippen LogP contribution in [0.5, 0.6) is 0 Å². The standard InChI is InChI=1S/C15H22N4O2/c1-10-8-19(7-6-13(10)16)9-14(20)18-12-4-2-11(3-5-12)15(17)21/h2-5,10,13H,6-9,16H2,1H3,(H2,17,21)(H,18,20). The normalized spacial score (nSPS) is 22.8. The number of amides is 2. The molecule has 2 atom stereocenters. The van der Waals surface area contributed by atoms with Crippen molar-refractivity contribution in [2.24, 2.45) is 17.4 Å². The van der Waals surface area contributed by atoms with Crippen molar-refractivity contribution in [2.45, 2.75) is 19.4 Å². The number of benzene rings is 1. The molecule has 5 N–H and O–H groups in total. The van der Waals surface area contributed by atoms with Gasteiger partial charge in [0.1, 0.15) is 0 Å². The number of nitrogens with zero attached hydrogens (tertiary/aromatic N) is 1. The summed E-state index contributed by atoms with van der Waals surface area (Å²) in [4.78, 5) is 25.1. The lowest BCUT2D eigenvalue weighted by atomic mass is 9.95. The van der Waals surface area contributed by atoms with Crippen LogP contribution in [0.25, 0.3) is 0 Å². The molecule has 1 aliphatic rings. The van der Waals surface area contributed by atoms with E-state index in [2.05, 4.69) is 17.1 Å². The van der Waals surface area contributed by atoms with Crippen LogP contribution in [-0.2, 0) is 4.79 Å². The van der Waals surface area contributed by atoms with Gasteiger partial charge in [0, 0.05) is 30.4 Å². The first-order chi connectivity index (χ1) is 9.95. The van der Waals surface area contributed by atoms with Crippen molar-refractivity contribution in [1.82, 2.24) is 4.90 Å². The van der Waals surface area contributed by atoms with E-state index in [9.17, 15) is 9.59 Å². The first kappa shape index (κ1) is 15.5. The van der Waals surface area contributed by atoms with Gasteiger partial charge in [0.2, 0.25) is 11.8 Å². The van der Waals surface area contributed by atoms with Gasteiger partial charge in [-0.3, -0.25) is 14.5 Å². The zero-order chi connectivity index (χ0) is 15.4. The molecule has 6 nitrogen and oxygen atoms in total. The fourth-order valence-electron chi connectivity index (χ4n) is 2.52. The number of anilines is 1. The minimum Gasteiger partial charge on any atom is -0.366 e. The number of carbonyl (C=O) groups is 2. The number of carbonyl (C=O) groups excluding carboxylic acids is 2. The highest BCUT2D eigenvalue weighted by Crippen LogP contribution is 2.15. The van der Waals surface area contributed by atoms with Gasteiger partial charge >= 0.3 is 0 Å². The molecule has 21 heavy (non-hydrogen) atoms. The van der Waals surface area contributed by atoms with Crippen molar-refractivity contribution in [2.75, 3.05) is 25.0 Å². The van der Waals surface area contributed by atoms with E-state index < -0.39 is 5.91 Å². The molecule has 1 aromatic rings. The highest BCUT2D eigenvalue weighted by atomic mass is 16.2. The van der Waals surface area contributed by atoms with E-state index >= 15 is 0 Å². The predicted octanol–water partition coefficient (Wildman–Crippen LogP) is 0.393. The van der Waals surface area contributed by atoms with Crippen LogP contribution in [-0.4, -0.2) is 42.4 Å². The number of nitrogens with one attached hydrogen (secondary N) is 1. The van der Waals surface area contributed by atoms with Crippen molar-refractivity contribution in [3.8, 4) is 0 Å². The van der Waals surface area contributed by atoms with Crippen LogP contribution < -0.4 is 16.8 Å². The van der Waals surface area contributed by atoms with E-state index in [-0.39, 0.29) is 11.9 Å². The van der Waals surface area contributed by atoms with Crippen molar-refractivity contribution in [3.63, 3.8) is 0 Å². The molecule has 114 valence electrons. The summed E-state index contributed by atoms with van der Waals surface area (Å²) in [5, 5.41) is 2.82. The second-order valence-corrected chi connectivity index (χ2v) is 5.65. The van der Waals surface area contributed by atoms with E-state index in [1.165, 1.54) is 0 Å². The monoisotopic (exact) mass is 290 g/mol. The molecule has 1 aliphatic heterocycles. The number of rotatable bonds is 4. The first-order valence-electron chi connectivity index (χ1n) is 7.13. The number of nitrogens with two attached hydrogens (primary N) is 2. The van der Waals surface area contributed by atoms with Gasteiger partial charge in [-0.05, 0) is 36.6 Å². The van der Waals surface area contributed by atoms with Crippen molar-refractivity contribution >= 4 is 17.5 Å². The summed E-state index contributed by atoms with van der Waals surface area (Å²) >= 11 is 0. The molecule has 0 bridgehead atoms. The molecule has 2 amide bonds. The average molecular weight is 290 g/mol. The Hall–Kier alpha value is -1.92. The molecule has 0 radical (unpaired) electrons. The van der Waals surface area contributed by atoms with Crippen molar-refractivity contribution < 1.29 is 9.59 Å². The number of primary amides is 1. The summed E-state index contributed by atoms with van der Waals surface area (Å²) in [6.45, 7) is 4.15. The van der Waals surface area contributed by atoms with Gasteiger partial charge in [-0.15, -0.1) is 0 Å². The van der Waals surface area contributed by atoms with Gasteiger partial charge in [0.15, 0.2) is 0 Å². The van der Waals surface area contributed by atoms with E-state index in [1.54, 1.807) is 24.3 Å². The molecule has 1 aromatic carbocycles. The highest BCUT2D eigenvalue weighted by molar-refractivity contribution is 5.95. The molecule has 1 heterocycles. The minimum absolute atomic E-state index is 0.0653. The van der Waals surface area contributed by atoms with Crippen LogP contribution in [0.3, 0.4) is 0 Å². The third kappa shape index (κ3) is 4.27. The maximum absolute atomic E-state index is 12.0. The second kappa shape index (κ2) is 6.69. The van der Waals surface area contributed by atoms with Crippen LogP contribution in [0.15, 0.2) is 24.3 Å². The number of piperidine rings is 1. The molecule has 6 heteroatoms. The maximum atomic E-state index is 12.0. The highest BCUT2D eigenvalue weighted by Gasteiger charge is 2.24. The number of likely N-dealkylation sites (tertiary alicyclic amines) is 1. The first-order valence-corrected chi connectivity index (χ1v) is 7.13. The van der Waals surface area contributed by atoms with Gasteiger partial charge in [-0.2, -0.15) is 0 Å². The van der Waals surface area contributed by atoms with E-state index in [1.807, 2.05) is 0 Å². The Morgan fingerprint density at radius 2 is 2.00 bits per heavy atom.